The fraction of sp³-hybridized carbons (Fsp3) is 0.214. The van der Waals surface area contributed by atoms with Crippen LogP contribution in [0.4, 0.5) is 5.82 Å². The Hall–Kier alpha value is -1.06. The van der Waals surface area contributed by atoms with E-state index >= 15 is 0 Å². The van der Waals surface area contributed by atoms with Gasteiger partial charge in [0.05, 0.1) is 4.47 Å². The Morgan fingerprint density at radius 1 is 1.22 bits per heavy atom. The fourth-order valence-corrected chi connectivity index (χ4v) is 2.16. The first-order valence-corrected chi connectivity index (χ1v) is 6.88. The van der Waals surface area contributed by atoms with Crippen molar-refractivity contribution in [3.05, 3.63) is 57.2 Å². The number of halogens is 2. The molecule has 94 valence electrons. The molecule has 1 heterocycles. The molecule has 0 spiro atoms. The van der Waals surface area contributed by atoms with Crippen molar-refractivity contribution < 1.29 is 0 Å². The van der Waals surface area contributed by atoms with Gasteiger partial charge >= 0.3 is 0 Å². The normalized spacial score (nSPS) is 12.2. The summed E-state index contributed by atoms with van der Waals surface area (Å²) in [6.07, 6.45) is 1.80. The quantitative estimate of drug-likeness (QED) is 0.861. The summed E-state index contributed by atoms with van der Waals surface area (Å²) in [5.74, 6) is 0.859. The number of pyridine rings is 1. The Kier molecular flexibility index (Phi) is 4.25. The molecule has 0 fully saturated rings. The van der Waals surface area contributed by atoms with Crippen LogP contribution in [0.3, 0.4) is 0 Å². The molecule has 0 aliphatic rings. The second-order valence-electron chi connectivity index (χ2n) is 4.21. The Bertz CT molecular complexity index is 540. The lowest BCUT2D eigenvalue weighted by Gasteiger charge is -2.16. The summed E-state index contributed by atoms with van der Waals surface area (Å²) in [6.45, 7) is 4.14. The first kappa shape index (κ1) is 13.4. The smallest absolute Gasteiger partial charge is 0.141 e. The van der Waals surface area contributed by atoms with Gasteiger partial charge in [-0.1, -0.05) is 23.7 Å². The molecule has 2 aromatic rings. The lowest BCUT2D eigenvalue weighted by Crippen LogP contribution is -2.08. The minimum absolute atomic E-state index is 0.174. The summed E-state index contributed by atoms with van der Waals surface area (Å²) in [5.41, 5.74) is 2.34. The maximum Gasteiger partial charge on any atom is 0.141 e. The number of nitrogens with zero attached hydrogens (tertiary/aromatic N) is 1. The van der Waals surface area contributed by atoms with Crippen LogP contribution in [-0.2, 0) is 0 Å². The molecule has 1 aromatic carbocycles. The van der Waals surface area contributed by atoms with Crippen LogP contribution < -0.4 is 5.32 Å². The van der Waals surface area contributed by atoms with Crippen LogP contribution in [0.15, 0.2) is 41.0 Å². The van der Waals surface area contributed by atoms with Crippen LogP contribution in [0, 0.1) is 6.92 Å². The highest BCUT2D eigenvalue weighted by molar-refractivity contribution is 9.10. The molecule has 1 N–H and O–H groups in total. The highest BCUT2D eigenvalue weighted by Crippen LogP contribution is 2.27. The maximum atomic E-state index is 5.88. The Morgan fingerprint density at radius 3 is 2.56 bits per heavy atom. The zero-order valence-electron chi connectivity index (χ0n) is 10.2. The minimum atomic E-state index is 0.174. The third-order valence-corrected chi connectivity index (χ3v) is 4.06. The van der Waals surface area contributed by atoms with E-state index in [0.29, 0.717) is 0 Å². The molecule has 0 saturated heterocycles. The summed E-state index contributed by atoms with van der Waals surface area (Å²) < 4.78 is 1.01. The van der Waals surface area contributed by atoms with Gasteiger partial charge in [0.1, 0.15) is 5.82 Å². The van der Waals surface area contributed by atoms with Gasteiger partial charge in [0.25, 0.3) is 0 Å². The van der Waals surface area contributed by atoms with E-state index in [9.17, 15) is 0 Å². The number of hydrogen-bond donors (Lipinski definition) is 1. The fourth-order valence-electron chi connectivity index (χ4n) is 1.68. The highest BCUT2D eigenvalue weighted by atomic mass is 79.9. The van der Waals surface area contributed by atoms with Gasteiger partial charge in [-0.2, -0.15) is 0 Å². The van der Waals surface area contributed by atoms with Crippen molar-refractivity contribution in [2.24, 2.45) is 0 Å². The SMILES string of the molecule is Cc1ccnc(NC(C)c2ccc(Cl)cc2)c1Br. The number of benzene rings is 1. The molecule has 2 nitrogen and oxygen atoms in total. The van der Waals surface area contributed by atoms with Gasteiger partial charge in [-0.05, 0) is 59.1 Å². The van der Waals surface area contributed by atoms with Crippen molar-refractivity contribution >= 4 is 33.3 Å². The Balaban J connectivity index is 2.18. The molecule has 0 radical (unpaired) electrons. The lowest BCUT2D eigenvalue weighted by molar-refractivity contribution is 0.872. The zero-order valence-corrected chi connectivity index (χ0v) is 12.6. The summed E-state index contributed by atoms with van der Waals surface area (Å²) in [4.78, 5) is 4.34. The van der Waals surface area contributed by atoms with E-state index in [0.717, 1.165) is 20.9 Å². The van der Waals surface area contributed by atoms with E-state index in [1.54, 1.807) is 6.20 Å². The van der Waals surface area contributed by atoms with Crippen LogP contribution >= 0.6 is 27.5 Å². The number of aryl methyl sites for hydroxylation is 1. The van der Waals surface area contributed by atoms with Crippen LogP contribution in [0.1, 0.15) is 24.1 Å². The molecule has 2 rings (SSSR count). The van der Waals surface area contributed by atoms with Crippen LogP contribution in [-0.4, -0.2) is 4.98 Å². The Morgan fingerprint density at radius 2 is 1.89 bits per heavy atom. The van der Waals surface area contributed by atoms with Gasteiger partial charge in [0.15, 0.2) is 0 Å². The lowest BCUT2D eigenvalue weighted by atomic mass is 10.1. The third-order valence-electron chi connectivity index (χ3n) is 2.81. The van der Waals surface area contributed by atoms with E-state index in [-0.39, 0.29) is 6.04 Å². The van der Waals surface area contributed by atoms with Crippen molar-refractivity contribution in [2.75, 3.05) is 5.32 Å². The number of hydrogen-bond acceptors (Lipinski definition) is 2. The zero-order chi connectivity index (χ0) is 13.1. The first-order valence-electron chi connectivity index (χ1n) is 5.71. The van der Waals surface area contributed by atoms with Gasteiger partial charge in [0.2, 0.25) is 0 Å². The van der Waals surface area contributed by atoms with Crippen molar-refractivity contribution in [3.63, 3.8) is 0 Å². The Labute approximate surface area is 121 Å². The monoisotopic (exact) mass is 324 g/mol. The second kappa shape index (κ2) is 5.72. The van der Waals surface area contributed by atoms with Gasteiger partial charge in [-0.15, -0.1) is 0 Å². The standard InChI is InChI=1S/C14H14BrClN2/c1-9-7-8-17-14(13(9)15)18-10(2)11-3-5-12(16)6-4-11/h3-8,10H,1-2H3,(H,17,18). The third kappa shape index (κ3) is 3.03. The van der Waals surface area contributed by atoms with Crippen LogP contribution in [0.2, 0.25) is 5.02 Å². The van der Waals surface area contributed by atoms with Crippen molar-refractivity contribution in [1.29, 1.82) is 0 Å². The molecule has 1 aromatic heterocycles. The number of rotatable bonds is 3. The van der Waals surface area contributed by atoms with E-state index in [1.165, 1.54) is 5.56 Å². The summed E-state index contributed by atoms with van der Waals surface area (Å²) in [7, 11) is 0. The molecule has 0 amide bonds. The molecular weight excluding hydrogens is 312 g/mol. The number of nitrogens with one attached hydrogen (secondary N) is 1. The summed E-state index contributed by atoms with van der Waals surface area (Å²) in [5, 5.41) is 4.14. The van der Waals surface area contributed by atoms with Gasteiger partial charge < -0.3 is 5.32 Å². The average molecular weight is 326 g/mol. The summed E-state index contributed by atoms with van der Waals surface area (Å²) >= 11 is 9.43. The first-order chi connectivity index (χ1) is 8.58. The molecule has 0 bridgehead atoms. The molecule has 0 aliphatic carbocycles. The highest BCUT2D eigenvalue weighted by Gasteiger charge is 2.09. The topological polar surface area (TPSA) is 24.9 Å². The molecule has 18 heavy (non-hydrogen) atoms. The number of aromatic nitrogens is 1. The van der Waals surface area contributed by atoms with Gasteiger partial charge in [0, 0.05) is 17.3 Å². The predicted molar refractivity (Wildman–Crippen MR) is 80.2 cm³/mol. The molecule has 0 saturated carbocycles. The second-order valence-corrected chi connectivity index (χ2v) is 5.44. The van der Waals surface area contributed by atoms with Crippen molar-refractivity contribution in [1.82, 2.24) is 4.98 Å². The van der Waals surface area contributed by atoms with Crippen molar-refractivity contribution in [3.8, 4) is 0 Å². The van der Waals surface area contributed by atoms with E-state index in [4.69, 9.17) is 11.6 Å². The van der Waals surface area contributed by atoms with Crippen LogP contribution in [0.25, 0.3) is 0 Å². The van der Waals surface area contributed by atoms with E-state index in [2.05, 4.69) is 33.2 Å². The molecule has 1 unspecified atom stereocenters. The molecule has 4 heteroatoms. The average Bonchev–Trinajstić information content (AvgIpc) is 2.36. The molecule has 0 aliphatic heterocycles. The van der Waals surface area contributed by atoms with Crippen molar-refractivity contribution in [2.45, 2.75) is 19.9 Å². The minimum Gasteiger partial charge on any atom is -0.363 e. The van der Waals surface area contributed by atoms with E-state index in [1.807, 2.05) is 37.3 Å². The van der Waals surface area contributed by atoms with Crippen LogP contribution in [0.5, 0.6) is 0 Å². The molecule has 1 atom stereocenters. The predicted octanol–water partition coefficient (Wildman–Crippen LogP) is 4.98. The maximum absolute atomic E-state index is 5.88. The number of anilines is 1. The summed E-state index contributed by atoms with van der Waals surface area (Å²) in [6, 6.07) is 9.98. The largest absolute Gasteiger partial charge is 0.363 e. The van der Waals surface area contributed by atoms with Gasteiger partial charge in [-0.25, -0.2) is 4.98 Å². The van der Waals surface area contributed by atoms with Gasteiger partial charge in [-0.3, -0.25) is 0 Å². The molecular formula is C14H14BrClN2. The van der Waals surface area contributed by atoms with E-state index < -0.39 is 0 Å².